The molecule has 0 bridgehead atoms. The van der Waals surface area contributed by atoms with Crippen molar-refractivity contribution in [2.75, 3.05) is 5.75 Å². The predicted octanol–water partition coefficient (Wildman–Crippen LogP) is 2.84. The minimum absolute atomic E-state index is 0.838. The smallest absolute Gasteiger partial charge is 0.133 e. The Kier molecular flexibility index (Phi) is 2.37. The van der Waals surface area contributed by atoms with Gasteiger partial charge in [0.05, 0.1) is 0 Å². The number of hydrogen-bond donors (Lipinski definition) is 0. The van der Waals surface area contributed by atoms with Gasteiger partial charge in [0.2, 0.25) is 0 Å². The van der Waals surface area contributed by atoms with E-state index >= 15 is 0 Å². The van der Waals surface area contributed by atoms with Gasteiger partial charge in [0.15, 0.2) is 0 Å². The first-order chi connectivity index (χ1) is 6.40. The molecular formula is C11H9NS. The number of fused-ring (bicyclic) bond motifs is 1. The highest BCUT2D eigenvalue weighted by Crippen LogP contribution is 2.26. The first-order valence-corrected chi connectivity index (χ1v) is 5.17. The molecule has 0 unspecified atom stereocenters. The average Bonchev–Trinajstić information content (AvgIpc) is 2.57. The molecule has 1 nitrogen and oxygen atoms in total. The molecule has 0 fully saturated rings. The van der Waals surface area contributed by atoms with Crippen molar-refractivity contribution >= 4 is 17.8 Å². The third kappa shape index (κ3) is 1.76. The normalized spacial score (nSPS) is 13.3. The van der Waals surface area contributed by atoms with Gasteiger partial charge in [-0.05, 0) is 29.3 Å². The minimum Gasteiger partial charge on any atom is -0.185 e. The number of rotatable bonds is 2. The summed E-state index contributed by atoms with van der Waals surface area (Å²) in [7, 11) is 0. The Morgan fingerprint density at radius 1 is 1.38 bits per heavy atom. The summed E-state index contributed by atoms with van der Waals surface area (Å²) in [5, 5.41) is 10.5. The molecule has 64 valence electrons. The lowest BCUT2D eigenvalue weighted by Gasteiger charge is -1.96. The molecule has 0 N–H and O–H groups in total. The van der Waals surface area contributed by atoms with E-state index in [1.54, 1.807) is 0 Å². The molecule has 0 saturated carbocycles. The van der Waals surface area contributed by atoms with Crippen LogP contribution in [0.25, 0.3) is 6.08 Å². The van der Waals surface area contributed by atoms with Gasteiger partial charge in [0.1, 0.15) is 5.40 Å². The van der Waals surface area contributed by atoms with Crippen LogP contribution in [0.3, 0.4) is 0 Å². The van der Waals surface area contributed by atoms with Crippen molar-refractivity contribution in [1.82, 2.24) is 0 Å². The fourth-order valence-corrected chi connectivity index (χ4v) is 2.00. The average molecular weight is 187 g/mol. The molecule has 0 heterocycles. The zero-order chi connectivity index (χ0) is 9.10. The van der Waals surface area contributed by atoms with E-state index in [0.717, 1.165) is 12.2 Å². The summed E-state index contributed by atoms with van der Waals surface area (Å²) < 4.78 is 0. The Morgan fingerprint density at radius 3 is 3.00 bits per heavy atom. The second-order valence-corrected chi connectivity index (χ2v) is 3.82. The second kappa shape index (κ2) is 3.68. The summed E-state index contributed by atoms with van der Waals surface area (Å²) in [5.41, 5.74) is 4.06. The van der Waals surface area contributed by atoms with Crippen molar-refractivity contribution < 1.29 is 0 Å². The highest BCUT2D eigenvalue weighted by atomic mass is 32.2. The lowest BCUT2D eigenvalue weighted by Crippen LogP contribution is -1.86. The van der Waals surface area contributed by atoms with E-state index in [2.05, 4.69) is 35.7 Å². The Balaban J connectivity index is 2.13. The van der Waals surface area contributed by atoms with Crippen LogP contribution in [0.15, 0.2) is 29.8 Å². The molecule has 13 heavy (non-hydrogen) atoms. The van der Waals surface area contributed by atoms with E-state index in [4.69, 9.17) is 5.26 Å². The van der Waals surface area contributed by atoms with E-state index in [-0.39, 0.29) is 0 Å². The van der Waals surface area contributed by atoms with E-state index in [1.807, 2.05) is 0 Å². The van der Waals surface area contributed by atoms with Gasteiger partial charge in [-0.1, -0.05) is 35.9 Å². The molecular weight excluding hydrogens is 178 g/mol. The topological polar surface area (TPSA) is 23.8 Å². The molecule has 1 aliphatic carbocycles. The maximum Gasteiger partial charge on any atom is 0.133 e. The first-order valence-electron chi connectivity index (χ1n) is 4.18. The van der Waals surface area contributed by atoms with Gasteiger partial charge >= 0.3 is 0 Å². The van der Waals surface area contributed by atoms with Gasteiger partial charge in [-0.2, -0.15) is 5.26 Å². The molecule has 0 atom stereocenters. The van der Waals surface area contributed by atoms with Crippen LogP contribution in [-0.2, 0) is 6.42 Å². The second-order valence-electron chi connectivity index (χ2n) is 3.06. The third-order valence-electron chi connectivity index (χ3n) is 2.15. The zero-order valence-electron chi connectivity index (χ0n) is 7.16. The Hall–Kier alpha value is -1.20. The van der Waals surface area contributed by atoms with Crippen LogP contribution in [0.5, 0.6) is 0 Å². The van der Waals surface area contributed by atoms with Crippen molar-refractivity contribution in [1.29, 1.82) is 5.26 Å². The molecule has 2 heteroatoms. The fraction of sp³-hybridized carbons (Fsp3) is 0.182. The number of nitriles is 1. The maximum absolute atomic E-state index is 8.43. The minimum atomic E-state index is 0.838. The lowest BCUT2D eigenvalue weighted by atomic mass is 10.1. The lowest BCUT2D eigenvalue weighted by molar-refractivity contribution is 1.20. The van der Waals surface area contributed by atoms with Crippen LogP contribution < -0.4 is 0 Å². The SMILES string of the molecule is N#CSCC1=Cc2ccccc2C1. The van der Waals surface area contributed by atoms with Crippen LogP contribution in [-0.4, -0.2) is 5.75 Å². The fourth-order valence-electron chi connectivity index (χ4n) is 1.57. The molecule has 0 spiro atoms. The van der Waals surface area contributed by atoms with Crippen LogP contribution in [0.1, 0.15) is 11.1 Å². The van der Waals surface area contributed by atoms with Crippen molar-refractivity contribution in [3.63, 3.8) is 0 Å². The van der Waals surface area contributed by atoms with Gasteiger partial charge < -0.3 is 0 Å². The van der Waals surface area contributed by atoms with Gasteiger partial charge in [0, 0.05) is 5.75 Å². The standard InChI is InChI=1S/C11H9NS/c12-8-13-7-9-5-10-3-1-2-4-11(10)6-9/h1-5H,6-7H2. The Bertz CT molecular complexity index is 387. The van der Waals surface area contributed by atoms with E-state index < -0.39 is 0 Å². The molecule has 0 saturated heterocycles. The molecule has 0 radical (unpaired) electrons. The number of thioether (sulfide) groups is 1. The number of thiocyanates is 1. The predicted molar refractivity (Wildman–Crippen MR) is 56.2 cm³/mol. The number of nitrogens with zero attached hydrogens (tertiary/aromatic N) is 1. The highest BCUT2D eigenvalue weighted by Gasteiger charge is 2.10. The number of hydrogen-bond acceptors (Lipinski definition) is 2. The van der Waals surface area contributed by atoms with Gasteiger partial charge in [-0.15, -0.1) is 0 Å². The van der Waals surface area contributed by atoms with Gasteiger partial charge in [-0.3, -0.25) is 0 Å². The summed E-state index contributed by atoms with van der Waals surface area (Å²) in [6.45, 7) is 0. The van der Waals surface area contributed by atoms with Crippen LogP contribution in [0, 0.1) is 10.7 Å². The summed E-state index contributed by atoms with van der Waals surface area (Å²) in [6.07, 6.45) is 3.21. The molecule has 1 aromatic rings. The van der Waals surface area contributed by atoms with Gasteiger partial charge in [-0.25, -0.2) is 0 Å². The summed E-state index contributed by atoms with van der Waals surface area (Å²) in [4.78, 5) is 0. The monoisotopic (exact) mass is 187 g/mol. The molecule has 1 aliphatic rings. The van der Waals surface area contributed by atoms with Crippen LogP contribution in [0.4, 0.5) is 0 Å². The largest absolute Gasteiger partial charge is 0.185 e. The van der Waals surface area contributed by atoms with E-state index in [9.17, 15) is 0 Å². The van der Waals surface area contributed by atoms with Crippen molar-refractivity contribution in [3.05, 3.63) is 41.0 Å². The summed E-state index contributed by atoms with van der Waals surface area (Å²) in [6, 6.07) is 8.39. The summed E-state index contributed by atoms with van der Waals surface area (Å²) in [5.74, 6) is 0.838. The van der Waals surface area contributed by atoms with Gasteiger partial charge in [0.25, 0.3) is 0 Å². The quantitative estimate of drug-likeness (QED) is 0.665. The summed E-state index contributed by atoms with van der Waals surface area (Å²) >= 11 is 1.31. The Morgan fingerprint density at radius 2 is 2.23 bits per heavy atom. The highest BCUT2D eigenvalue weighted by molar-refractivity contribution is 8.03. The van der Waals surface area contributed by atoms with Crippen molar-refractivity contribution in [3.8, 4) is 5.40 Å². The maximum atomic E-state index is 8.43. The van der Waals surface area contributed by atoms with Crippen molar-refractivity contribution in [2.45, 2.75) is 6.42 Å². The molecule has 0 aromatic heterocycles. The van der Waals surface area contributed by atoms with Crippen LogP contribution >= 0.6 is 11.8 Å². The number of benzene rings is 1. The zero-order valence-corrected chi connectivity index (χ0v) is 7.97. The molecule has 2 rings (SSSR count). The molecule has 0 amide bonds. The molecule has 1 aromatic carbocycles. The third-order valence-corrected chi connectivity index (χ3v) is 2.80. The van der Waals surface area contributed by atoms with Crippen LogP contribution in [0.2, 0.25) is 0 Å². The first kappa shape index (κ1) is 8.40. The Labute approximate surface area is 82.1 Å². The van der Waals surface area contributed by atoms with E-state index in [0.29, 0.717) is 0 Å². The molecule has 0 aliphatic heterocycles. The van der Waals surface area contributed by atoms with E-state index in [1.165, 1.54) is 28.5 Å². The van der Waals surface area contributed by atoms with Crippen molar-refractivity contribution in [2.24, 2.45) is 0 Å².